The Kier molecular flexibility index (Phi) is 2.95. The lowest BCUT2D eigenvalue weighted by atomic mass is 10.2. The van der Waals surface area contributed by atoms with Gasteiger partial charge in [0, 0.05) is 11.3 Å². The monoisotopic (exact) mass is 233 g/mol. The Morgan fingerprint density at radius 3 is 2.65 bits per heavy atom. The van der Waals surface area contributed by atoms with E-state index >= 15 is 0 Å². The van der Waals surface area contributed by atoms with Crippen LogP contribution in [0.5, 0.6) is 0 Å². The molecule has 1 heterocycles. The van der Waals surface area contributed by atoms with Gasteiger partial charge in [-0.05, 0) is 25.1 Å². The van der Waals surface area contributed by atoms with Crippen LogP contribution in [0.3, 0.4) is 0 Å². The molecule has 0 atom stereocenters. The van der Waals surface area contributed by atoms with E-state index in [1.54, 1.807) is 35.8 Å². The lowest BCUT2D eigenvalue weighted by molar-refractivity contribution is 0.0685. The molecule has 17 heavy (non-hydrogen) atoms. The quantitative estimate of drug-likeness (QED) is 0.885. The Morgan fingerprint density at radius 1 is 1.29 bits per heavy atom. The summed E-state index contributed by atoms with van der Waals surface area (Å²) in [4.78, 5) is 11.0. The fraction of sp³-hybridized carbons (Fsp3) is 0.154. The number of hydrogen-bond donors (Lipinski definition) is 1. The number of nitrogens with zero attached hydrogens (tertiary/aromatic N) is 1. The predicted octanol–water partition coefficient (Wildman–Crippen LogP) is 2.68. The van der Waals surface area contributed by atoms with Gasteiger partial charge < -0.3 is 9.67 Å². The van der Waals surface area contributed by atoms with Crippen LogP contribution in [-0.2, 0) is 6.54 Å². The third kappa shape index (κ3) is 2.20. The van der Waals surface area contributed by atoms with Crippen molar-refractivity contribution in [2.45, 2.75) is 13.5 Å². The highest BCUT2D eigenvalue weighted by molar-refractivity contribution is 5.86. The number of aromatic nitrogens is 1. The van der Waals surface area contributed by atoms with Gasteiger partial charge in [-0.1, -0.05) is 18.2 Å². The smallest absolute Gasteiger partial charge is 0.352 e. The van der Waals surface area contributed by atoms with E-state index in [0.717, 1.165) is 5.69 Å². The molecule has 0 saturated carbocycles. The topological polar surface area (TPSA) is 42.2 Å². The summed E-state index contributed by atoms with van der Waals surface area (Å²) in [7, 11) is 0. The van der Waals surface area contributed by atoms with E-state index < -0.39 is 5.97 Å². The van der Waals surface area contributed by atoms with Gasteiger partial charge in [-0.3, -0.25) is 0 Å². The first-order valence-corrected chi connectivity index (χ1v) is 5.22. The van der Waals surface area contributed by atoms with Crippen LogP contribution in [0.2, 0.25) is 0 Å². The maximum absolute atomic E-state index is 13.5. The molecule has 3 nitrogen and oxygen atoms in total. The van der Waals surface area contributed by atoms with Crippen molar-refractivity contribution in [1.82, 2.24) is 4.57 Å². The number of benzene rings is 1. The summed E-state index contributed by atoms with van der Waals surface area (Å²) in [5.74, 6) is -1.33. The van der Waals surface area contributed by atoms with Gasteiger partial charge in [-0.15, -0.1) is 0 Å². The minimum atomic E-state index is -1.01. The van der Waals surface area contributed by atoms with Gasteiger partial charge in [-0.25, -0.2) is 9.18 Å². The number of rotatable bonds is 3. The predicted molar refractivity (Wildman–Crippen MR) is 61.6 cm³/mol. The number of carboxylic acid groups (broad SMARTS) is 1. The average Bonchev–Trinajstić information content (AvgIpc) is 2.64. The number of carboxylic acids is 1. The number of aryl methyl sites for hydroxylation is 1. The van der Waals surface area contributed by atoms with E-state index in [4.69, 9.17) is 5.11 Å². The maximum Gasteiger partial charge on any atom is 0.352 e. The van der Waals surface area contributed by atoms with Crippen LogP contribution in [0, 0.1) is 12.7 Å². The normalized spacial score (nSPS) is 10.5. The number of hydrogen-bond acceptors (Lipinski definition) is 1. The Balaban J connectivity index is 2.39. The van der Waals surface area contributed by atoms with Crippen molar-refractivity contribution in [3.05, 3.63) is 59.2 Å². The second-order valence-corrected chi connectivity index (χ2v) is 3.84. The summed E-state index contributed by atoms with van der Waals surface area (Å²) in [5.41, 5.74) is 1.45. The molecule has 0 spiro atoms. The van der Waals surface area contributed by atoms with Gasteiger partial charge >= 0.3 is 5.97 Å². The standard InChI is InChI=1S/C13H12FNO2/c1-9-6-7-12(13(16)17)15(9)8-10-4-2-3-5-11(10)14/h2-7H,8H2,1H3,(H,16,17). The molecule has 4 heteroatoms. The first-order chi connectivity index (χ1) is 8.09. The summed E-state index contributed by atoms with van der Waals surface area (Å²) in [6, 6.07) is 9.61. The molecular weight excluding hydrogens is 221 g/mol. The van der Waals surface area contributed by atoms with Crippen molar-refractivity contribution in [2.75, 3.05) is 0 Å². The minimum Gasteiger partial charge on any atom is -0.477 e. The maximum atomic E-state index is 13.5. The zero-order chi connectivity index (χ0) is 12.4. The van der Waals surface area contributed by atoms with Crippen molar-refractivity contribution in [3.8, 4) is 0 Å². The first kappa shape index (κ1) is 11.4. The third-order valence-electron chi connectivity index (χ3n) is 2.70. The molecule has 1 aromatic carbocycles. The highest BCUT2D eigenvalue weighted by atomic mass is 19.1. The molecule has 0 amide bonds. The van der Waals surface area contributed by atoms with E-state index in [0.29, 0.717) is 5.56 Å². The zero-order valence-corrected chi connectivity index (χ0v) is 9.35. The Labute approximate surface area is 98.1 Å². The second kappa shape index (κ2) is 4.41. The number of aromatic carboxylic acids is 1. The van der Waals surface area contributed by atoms with Crippen LogP contribution < -0.4 is 0 Å². The van der Waals surface area contributed by atoms with Crippen LogP contribution in [0.4, 0.5) is 4.39 Å². The molecule has 0 aliphatic heterocycles. The van der Waals surface area contributed by atoms with Crippen LogP contribution in [0.15, 0.2) is 36.4 Å². The number of halogens is 1. The summed E-state index contributed by atoms with van der Waals surface area (Å²) in [6.45, 7) is 2.03. The van der Waals surface area contributed by atoms with Gasteiger partial charge in [0.1, 0.15) is 11.5 Å². The van der Waals surface area contributed by atoms with E-state index in [2.05, 4.69) is 0 Å². The largest absolute Gasteiger partial charge is 0.477 e. The van der Waals surface area contributed by atoms with Gasteiger partial charge in [-0.2, -0.15) is 0 Å². The zero-order valence-electron chi connectivity index (χ0n) is 9.35. The van der Waals surface area contributed by atoms with Crippen LogP contribution in [0.1, 0.15) is 21.7 Å². The number of carbonyl (C=O) groups is 1. The molecule has 0 aliphatic carbocycles. The third-order valence-corrected chi connectivity index (χ3v) is 2.70. The first-order valence-electron chi connectivity index (χ1n) is 5.22. The molecule has 0 saturated heterocycles. The lowest BCUT2D eigenvalue weighted by Crippen LogP contribution is -2.11. The van der Waals surface area contributed by atoms with Gasteiger partial charge in [0.2, 0.25) is 0 Å². The van der Waals surface area contributed by atoms with Gasteiger partial charge in [0.25, 0.3) is 0 Å². The van der Waals surface area contributed by atoms with Crippen molar-refractivity contribution in [1.29, 1.82) is 0 Å². The molecule has 0 aliphatic rings. The van der Waals surface area contributed by atoms with Crippen molar-refractivity contribution < 1.29 is 14.3 Å². The molecular formula is C13H12FNO2. The summed E-state index contributed by atoms with van der Waals surface area (Å²) < 4.78 is 15.1. The average molecular weight is 233 g/mol. The molecule has 0 unspecified atom stereocenters. The van der Waals surface area contributed by atoms with Crippen LogP contribution >= 0.6 is 0 Å². The van der Waals surface area contributed by atoms with Gasteiger partial charge in [0.15, 0.2) is 0 Å². The second-order valence-electron chi connectivity index (χ2n) is 3.84. The Hall–Kier alpha value is -2.10. The highest BCUT2D eigenvalue weighted by Gasteiger charge is 2.13. The molecule has 2 aromatic rings. The van der Waals surface area contributed by atoms with Gasteiger partial charge in [0.05, 0.1) is 6.54 Å². The summed E-state index contributed by atoms with van der Waals surface area (Å²) in [6.07, 6.45) is 0. The van der Waals surface area contributed by atoms with Crippen LogP contribution in [-0.4, -0.2) is 15.6 Å². The van der Waals surface area contributed by atoms with Crippen molar-refractivity contribution in [2.24, 2.45) is 0 Å². The summed E-state index contributed by atoms with van der Waals surface area (Å²) >= 11 is 0. The van der Waals surface area contributed by atoms with Crippen molar-refractivity contribution >= 4 is 5.97 Å². The fourth-order valence-electron chi connectivity index (χ4n) is 1.76. The van der Waals surface area contributed by atoms with E-state index in [-0.39, 0.29) is 18.1 Å². The molecule has 0 fully saturated rings. The van der Waals surface area contributed by atoms with E-state index in [1.165, 1.54) is 12.1 Å². The molecule has 0 bridgehead atoms. The van der Waals surface area contributed by atoms with Crippen LogP contribution in [0.25, 0.3) is 0 Å². The van der Waals surface area contributed by atoms with E-state index in [9.17, 15) is 9.18 Å². The Bertz CT molecular complexity index is 560. The SMILES string of the molecule is Cc1ccc(C(=O)O)n1Cc1ccccc1F. The molecule has 0 radical (unpaired) electrons. The molecule has 1 aromatic heterocycles. The summed E-state index contributed by atoms with van der Waals surface area (Å²) in [5, 5.41) is 9.01. The Morgan fingerprint density at radius 2 is 2.00 bits per heavy atom. The fourth-order valence-corrected chi connectivity index (χ4v) is 1.76. The van der Waals surface area contributed by atoms with Crippen molar-refractivity contribution in [3.63, 3.8) is 0 Å². The highest BCUT2D eigenvalue weighted by Crippen LogP contribution is 2.14. The lowest BCUT2D eigenvalue weighted by Gasteiger charge is -2.10. The molecule has 2 rings (SSSR count). The minimum absolute atomic E-state index is 0.172. The molecule has 88 valence electrons. The van der Waals surface area contributed by atoms with E-state index in [1.807, 2.05) is 0 Å². The molecule has 1 N–H and O–H groups in total.